The summed E-state index contributed by atoms with van der Waals surface area (Å²) in [4.78, 5) is 23.1. The minimum atomic E-state index is -0.872. The predicted octanol–water partition coefficient (Wildman–Crippen LogP) is 2.85. The Hall–Kier alpha value is -1.49. The number of aliphatic carboxylic acids is 1. The molecule has 0 saturated carbocycles. The lowest BCUT2D eigenvalue weighted by Crippen LogP contribution is -2.20. The first-order valence-electron chi connectivity index (χ1n) is 5.79. The SMILES string of the molecule is CCC(C)C(=O)Nc1ccccc1SCC(=O)O. The molecule has 0 saturated heterocycles. The predicted molar refractivity (Wildman–Crippen MR) is 72.9 cm³/mol. The number of carboxylic acid groups (broad SMARTS) is 1. The van der Waals surface area contributed by atoms with Crippen molar-refractivity contribution in [3.8, 4) is 0 Å². The second-order valence-corrected chi connectivity index (χ2v) is 4.99. The summed E-state index contributed by atoms with van der Waals surface area (Å²) in [5, 5.41) is 11.5. The van der Waals surface area contributed by atoms with E-state index in [1.165, 1.54) is 11.8 Å². The first-order valence-corrected chi connectivity index (χ1v) is 6.77. The van der Waals surface area contributed by atoms with Crippen LogP contribution >= 0.6 is 11.8 Å². The van der Waals surface area contributed by atoms with Gasteiger partial charge in [0.1, 0.15) is 0 Å². The minimum Gasteiger partial charge on any atom is -0.481 e. The molecule has 0 aromatic heterocycles. The van der Waals surface area contributed by atoms with Crippen molar-refractivity contribution in [3.05, 3.63) is 24.3 Å². The Morgan fingerprint density at radius 2 is 2.06 bits per heavy atom. The summed E-state index contributed by atoms with van der Waals surface area (Å²) in [6.45, 7) is 3.82. The van der Waals surface area contributed by atoms with Gasteiger partial charge in [-0.3, -0.25) is 9.59 Å². The third kappa shape index (κ3) is 4.41. The van der Waals surface area contributed by atoms with E-state index in [1.807, 2.05) is 26.0 Å². The molecule has 1 unspecified atom stereocenters. The van der Waals surface area contributed by atoms with Crippen LogP contribution in [0.1, 0.15) is 20.3 Å². The number of carboxylic acids is 1. The molecule has 1 atom stereocenters. The van der Waals surface area contributed by atoms with Gasteiger partial charge in [-0.15, -0.1) is 11.8 Å². The number of amides is 1. The van der Waals surface area contributed by atoms with Gasteiger partial charge in [0.05, 0.1) is 11.4 Å². The van der Waals surface area contributed by atoms with Gasteiger partial charge in [-0.2, -0.15) is 0 Å². The summed E-state index contributed by atoms with van der Waals surface area (Å²) >= 11 is 1.20. The Morgan fingerprint density at radius 1 is 1.39 bits per heavy atom. The molecule has 0 bridgehead atoms. The van der Waals surface area contributed by atoms with E-state index in [1.54, 1.807) is 12.1 Å². The number of thioether (sulfide) groups is 1. The van der Waals surface area contributed by atoms with Crippen LogP contribution in [0.25, 0.3) is 0 Å². The number of hydrogen-bond donors (Lipinski definition) is 2. The van der Waals surface area contributed by atoms with Gasteiger partial charge in [0.15, 0.2) is 0 Å². The van der Waals surface area contributed by atoms with E-state index in [4.69, 9.17) is 5.11 Å². The number of carbonyl (C=O) groups excluding carboxylic acids is 1. The number of anilines is 1. The Labute approximate surface area is 111 Å². The molecule has 1 aromatic carbocycles. The maximum absolute atomic E-state index is 11.8. The Kier molecular flexibility index (Phi) is 5.71. The second-order valence-electron chi connectivity index (χ2n) is 3.98. The lowest BCUT2D eigenvalue weighted by Gasteiger charge is -2.12. The third-order valence-electron chi connectivity index (χ3n) is 2.56. The van der Waals surface area contributed by atoms with E-state index in [9.17, 15) is 9.59 Å². The summed E-state index contributed by atoms with van der Waals surface area (Å²) < 4.78 is 0. The van der Waals surface area contributed by atoms with Gasteiger partial charge in [0, 0.05) is 10.8 Å². The Bertz CT molecular complexity index is 434. The van der Waals surface area contributed by atoms with Gasteiger partial charge >= 0.3 is 5.97 Å². The van der Waals surface area contributed by atoms with Crippen molar-refractivity contribution in [2.75, 3.05) is 11.1 Å². The first-order chi connectivity index (χ1) is 8.54. The molecule has 1 aromatic rings. The molecule has 98 valence electrons. The van der Waals surface area contributed by atoms with E-state index in [2.05, 4.69) is 5.32 Å². The zero-order valence-electron chi connectivity index (χ0n) is 10.5. The minimum absolute atomic E-state index is 0.0176. The summed E-state index contributed by atoms with van der Waals surface area (Å²) in [6, 6.07) is 7.23. The van der Waals surface area contributed by atoms with Crippen LogP contribution in [-0.4, -0.2) is 22.7 Å². The molecule has 18 heavy (non-hydrogen) atoms. The van der Waals surface area contributed by atoms with E-state index in [0.717, 1.165) is 11.3 Å². The van der Waals surface area contributed by atoms with Crippen molar-refractivity contribution in [1.29, 1.82) is 0 Å². The van der Waals surface area contributed by atoms with Crippen LogP contribution in [0.4, 0.5) is 5.69 Å². The topological polar surface area (TPSA) is 66.4 Å². The van der Waals surface area contributed by atoms with Crippen molar-refractivity contribution in [1.82, 2.24) is 0 Å². The molecule has 0 aliphatic heterocycles. The van der Waals surface area contributed by atoms with Crippen molar-refractivity contribution in [3.63, 3.8) is 0 Å². The molecule has 1 amide bonds. The van der Waals surface area contributed by atoms with Crippen LogP contribution < -0.4 is 5.32 Å². The number of rotatable bonds is 6. The smallest absolute Gasteiger partial charge is 0.313 e. The highest BCUT2D eigenvalue weighted by Crippen LogP contribution is 2.27. The van der Waals surface area contributed by atoms with E-state index in [-0.39, 0.29) is 17.6 Å². The Morgan fingerprint density at radius 3 is 2.67 bits per heavy atom. The number of nitrogens with one attached hydrogen (secondary N) is 1. The lowest BCUT2D eigenvalue weighted by molar-refractivity contribution is -0.133. The highest BCUT2D eigenvalue weighted by Gasteiger charge is 2.13. The van der Waals surface area contributed by atoms with Crippen LogP contribution in [0.15, 0.2) is 29.2 Å². The Balaban J connectivity index is 2.75. The molecule has 0 radical (unpaired) electrons. The second kappa shape index (κ2) is 7.06. The quantitative estimate of drug-likeness (QED) is 0.778. The van der Waals surface area contributed by atoms with E-state index in [0.29, 0.717) is 5.69 Å². The maximum Gasteiger partial charge on any atom is 0.313 e. The molecule has 0 fully saturated rings. The van der Waals surface area contributed by atoms with Crippen molar-refractivity contribution in [2.45, 2.75) is 25.2 Å². The fourth-order valence-corrected chi connectivity index (χ4v) is 2.00. The number of para-hydroxylation sites is 1. The van der Waals surface area contributed by atoms with Crippen LogP contribution in [0, 0.1) is 5.92 Å². The average Bonchev–Trinajstić information content (AvgIpc) is 2.36. The van der Waals surface area contributed by atoms with Gasteiger partial charge in [-0.1, -0.05) is 26.0 Å². The van der Waals surface area contributed by atoms with Gasteiger partial charge in [0.25, 0.3) is 0 Å². The molecule has 4 nitrogen and oxygen atoms in total. The monoisotopic (exact) mass is 267 g/mol. The molecular formula is C13H17NO3S. The number of benzene rings is 1. The summed E-state index contributed by atoms with van der Waals surface area (Å²) in [7, 11) is 0. The van der Waals surface area contributed by atoms with Crippen molar-refractivity contribution in [2.24, 2.45) is 5.92 Å². The van der Waals surface area contributed by atoms with Crippen LogP contribution in [0.5, 0.6) is 0 Å². The molecule has 2 N–H and O–H groups in total. The molecule has 5 heteroatoms. The molecule has 0 heterocycles. The van der Waals surface area contributed by atoms with Crippen molar-refractivity contribution < 1.29 is 14.7 Å². The molecular weight excluding hydrogens is 250 g/mol. The normalized spacial score (nSPS) is 11.9. The summed E-state index contributed by atoms with van der Waals surface area (Å²) in [5.41, 5.74) is 0.675. The van der Waals surface area contributed by atoms with Gasteiger partial charge in [-0.25, -0.2) is 0 Å². The van der Waals surface area contributed by atoms with Gasteiger partial charge in [0.2, 0.25) is 5.91 Å². The number of hydrogen-bond acceptors (Lipinski definition) is 3. The fourth-order valence-electron chi connectivity index (χ4n) is 1.28. The highest BCUT2D eigenvalue weighted by molar-refractivity contribution is 8.00. The standard InChI is InChI=1S/C13H17NO3S/c1-3-9(2)13(17)14-10-6-4-5-7-11(10)18-8-12(15)16/h4-7,9H,3,8H2,1-2H3,(H,14,17)(H,15,16). The fraction of sp³-hybridized carbons (Fsp3) is 0.385. The van der Waals surface area contributed by atoms with E-state index >= 15 is 0 Å². The lowest BCUT2D eigenvalue weighted by atomic mass is 10.1. The largest absolute Gasteiger partial charge is 0.481 e. The molecule has 0 aliphatic carbocycles. The van der Waals surface area contributed by atoms with Crippen molar-refractivity contribution >= 4 is 29.3 Å². The average molecular weight is 267 g/mol. The zero-order chi connectivity index (χ0) is 13.5. The summed E-state index contributed by atoms with van der Waals surface area (Å²) in [6.07, 6.45) is 0.774. The first kappa shape index (κ1) is 14.6. The number of carbonyl (C=O) groups is 2. The zero-order valence-corrected chi connectivity index (χ0v) is 11.3. The highest BCUT2D eigenvalue weighted by atomic mass is 32.2. The van der Waals surface area contributed by atoms with Gasteiger partial charge < -0.3 is 10.4 Å². The van der Waals surface area contributed by atoms with Crippen LogP contribution in [0.2, 0.25) is 0 Å². The summed E-state index contributed by atoms with van der Waals surface area (Å²) in [5.74, 6) is -0.984. The van der Waals surface area contributed by atoms with Crippen LogP contribution in [0.3, 0.4) is 0 Å². The maximum atomic E-state index is 11.8. The third-order valence-corrected chi connectivity index (χ3v) is 3.61. The van der Waals surface area contributed by atoms with Crippen LogP contribution in [-0.2, 0) is 9.59 Å². The van der Waals surface area contributed by atoms with Gasteiger partial charge in [-0.05, 0) is 18.6 Å². The molecule has 1 rings (SSSR count). The molecule has 0 aliphatic rings. The molecule has 0 spiro atoms. The van der Waals surface area contributed by atoms with E-state index < -0.39 is 5.97 Å².